The van der Waals surface area contributed by atoms with Crippen molar-refractivity contribution in [2.45, 2.75) is 0 Å². The Morgan fingerprint density at radius 1 is 0.167 bits per heavy atom. The molecular weight excluding hydrogens is 731 g/mol. The van der Waals surface area contributed by atoms with Crippen LogP contribution in [0.5, 0.6) is 0 Å². The molecule has 0 amide bonds. The molecule has 0 unspecified atom stereocenters. The highest BCUT2D eigenvalue weighted by Crippen LogP contribution is 2.34. The van der Waals surface area contributed by atoms with E-state index in [4.69, 9.17) is 24.9 Å². The maximum absolute atomic E-state index is 5.14. The number of aromatic nitrogens is 5. The topological polar surface area (TPSA) is 64.5 Å². The predicted molar refractivity (Wildman–Crippen MR) is 244 cm³/mol. The summed E-state index contributed by atoms with van der Waals surface area (Å²) in [7, 11) is 0. The van der Waals surface area contributed by atoms with Gasteiger partial charge in [0.15, 0.2) is 23.3 Å². The second kappa shape index (κ2) is 16.4. The first kappa shape index (κ1) is 36.2. The summed E-state index contributed by atoms with van der Waals surface area (Å²) < 4.78 is 0. The summed E-state index contributed by atoms with van der Waals surface area (Å²) in [5.41, 5.74) is 14.3. The molecule has 282 valence electrons. The SMILES string of the molecule is c1ccc(-c2ccc(-c3ccc(-c4cc(-c5cccc(-c6cccc(-c7nc(-c8ccccc8)nc(-c8ccccc8)n7)c6)c5)nc(-c5ccccc5)n4)cc3)cc2)cc1. The lowest BCUT2D eigenvalue weighted by Crippen LogP contribution is -2.00. The summed E-state index contributed by atoms with van der Waals surface area (Å²) in [6.45, 7) is 0. The average Bonchev–Trinajstić information content (AvgIpc) is 3.35. The van der Waals surface area contributed by atoms with Gasteiger partial charge in [-0.2, -0.15) is 0 Å². The molecule has 0 aliphatic carbocycles. The fraction of sp³-hybridized carbons (Fsp3) is 0. The van der Waals surface area contributed by atoms with E-state index in [9.17, 15) is 0 Å². The first-order chi connectivity index (χ1) is 29.7. The van der Waals surface area contributed by atoms with E-state index < -0.39 is 0 Å². The fourth-order valence-electron chi connectivity index (χ4n) is 7.41. The summed E-state index contributed by atoms with van der Waals surface area (Å²) in [4.78, 5) is 25.1. The Morgan fingerprint density at radius 2 is 0.450 bits per heavy atom. The summed E-state index contributed by atoms with van der Waals surface area (Å²) in [6.07, 6.45) is 0. The molecule has 5 nitrogen and oxygen atoms in total. The van der Waals surface area contributed by atoms with Crippen LogP contribution in [-0.4, -0.2) is 24.9 Å². The van der Waals surface area contributed by atoms with Crippen molar-refractivity contribution in [1.29, 1.82) is 0 Å². The monoisotopic (exact) mass is 767 g/mol. The lowest BCUT2D eigenvalue weighted by molar-refractivity contribution is 1.07. The number of benzene rings is 8. The smallest absolute Gasteiger partial charge is 0.164 e. The second-order valence-corrected chi connectivity index (χ2v) is 14.5. The van der Waals surface area contributed by atoms with Crippen molar-refractivity contribution in [3.63, 3.8) is 0 Å². The van der Waals surface area contributed by atoms with E-state index in [1.165, 1.54) is 16.7 Å². The van der Waals surface area contributed by atoms with Crippen LogP contribution in [0, 0.1) is 0 Å². The van der Waals surface area contributed by atoms with Crippen molar-refractivity contribution in [1.82, 2.24) is 24.9 Å². The van der Waals surface area contributed by atoms with Crippen molar-refractivity contribution >= 4 is 0 Å². The van der Waals surface area contributed by atoms with Crippen molar-refractivity contribution in [3.8, 4) is 101 Å². The van der Waals surface area contributed by atoms with Crippen LogP contribution in [0.3, 0.4) is 0 Å². The Balaban J connectivity index is 0.994. The van der Waals surface area contributed by atoms with Gasteiger partial charge in [0.1, 0.15) is 0 Å². The van der Waals surface area contributed by atoms with E-state index in [-0.39, 0.29) is 0 Å². The first-order valence-electron chi connectivity index (χ1n) is 20.0. The number of nitrogens with zero attached hydrogens (tertiary/aromatic N) is 5. The van der Waals surface area contributed by atoms with Crippen LogP contribution < -0.4 is 0 Å². The first-order valence-corrected chi connectivity index (χ1v) is 20.0. The minimum Gasteiger partial charge on any atom is -0.228 e. The molecule has 5 heteroatoms. The fourth-order valence-corrected chi connectivity index (χ4v) is 7.41. The van der Waals surface area contributed by atoms with Crippen molar-refractivity contribution in [2.75, 3.05) is 0 Å². The second-order valence-electron chi connectivity index (χ2n) is 14.5. The van der Waals surface area contributed by atoms with Crippen molar-refractivity contribution in [2.24, 2.45) is 0 Å². The molecule has 0 atom stereocenters. The highest BCUT2D eigenvalue weighted by Gasteiger charge is 2.15. The molecule has 0 saturated carbocycles. The molecule has 0 N–H and O–H groups in total. The third-order valence-electron chi connectivity index (χ3n) is 10.6. The molecule has 0 radical (unpaired) electrons. The van der Waals surface area contributed by atoms with Gasteiger partial charge in [0, 0.05) is 33.4 Å². The van der Waals surface area contributed by atoms with E-state index in [1.807, 2.05) is 84.9 Å². The maximum Gasteiger partial charge on any atom is 0.164 e. The third-order valence-corrected chi connectivity index (χ3v) is 10.6. The van der Waals surface area contributed by atoms with Crippen LogP contribution in [0.2, 0.25) is 0 Å². The number of hydrogen-bond donors (Lipinski definition) is 0. The van der Waals surface area contributed by atoms with Crippen LogP contribution in [0.15, 0.2) is 224 Å². The highest BCUT2D eigenvalue weighted by atomic mass is 15.0. The zero-order chi connectivity index (χ0) is 40.1. The average molecular weight is 768 g/mol. The van der Waals surface area contributed by atoms with E-state index in [0.717, 1.165) is 61.5 Å². The van der Waals surface area contributed by atoms with Gasteiger partial charge in [-0.3, -0.25) is 0 Å². The predicted octanol–water partition coefficient (Wildman–Crippen LogP) is 13.7. The normalized spacial score (nSPS) is 11.0. The van der Waals surface area contributed by atoms with E-state index >= 15 is 0 Å². The van der Waals surface area contributed by atoms with Gasteiger partial charge < -0.3 is 0 Å². The zero-order valence-electron chi connectivity index (χ0n) is 32.6. The lowest BCUT2D eigenvalue weighted by Gasteiger charge is -2.12. The Hall–Kier alpha value is -8.15. The Bertz CT molecular complexity index is 2990. The van der Waals surface area contributed by atoms with Crippen LogP contribution >= 0.6 is 0 Å². The molecule has 60 heavy (non-hydrogen) atoms. The highest BCUT2D eigenvalue weighted by molar-refractivity contribution is 5.79. The molecule has 0 aliphatic rings. The van der Waals surface area contributed by atoms with E-state index in [1.54, 1.807) is 0 Å². The summed E-state index contributed by atoms with van der Waals surface area (Å²) >= 11 is 0. The molecule has 2 aromatic heterocycles. The standard InChI is InChI=1S/C55H37N5/c1-5-15-38(16-6-1)39-27-29-40(30-28-39)41-31-33-42(34-32-41)50-37-51(57-52(56-50)43-17-7-2-8-18-43)48-25-13-23-46(35-48)47-24-14-26-49(36-47)55-59-53(44-19-9-3-10-20-44)58-54(60-55)45-21-11-4-12-22-45/h1-37H. The summed E-state index contributed by atoms with van der Waals surface area (Å²) in [5.74, 6) is 2.55. The number of rotatable bonds is 9. The van der Waals surface area contributed by atoms with Gasteiger partial charge in [0.2, 0.25) is 0 Å². The zero-order valence-corrected chi connectivity index (χ0v) is 32.6. The van der Waals surface area contributed by atoms with E-state index in [2.05, 4.69) is 140 Å². The Morgan fingerprint density at radius 3 is 0.900 bits per heavy atom. The molecule has 10 aromatic rings. The van der Waals surface area contributed by atoms with Crippen molar-refractivity contribution < 1.29 is 0 Å². The van der Waals surface area contributed by atoms with Gasteiger partial charge in [-0.15, -0.1) is 0 Å². The largest absolute Gasteiger partial charge is 0.228 e. The number of hydrogen-bond acceptors (Lipinski definition) is 5. The minimum absolute atomic E-state index is 0.615. The quantitative estimate of drug-likeness (QED) is 0.146. The Labute approximate surface area is 349 Å². The minimum atomic E-state index is 0.615. The third kappa shape index (κ3) is 7.76. The van der Waals surface area contributed by atoms with Crippen LogP contribution in [0.4, 0.5) is 0 Å². The molecule has 0 fully saturated rings. The summed E-state index contributed by atoms with van der Waals surface area (Å²) in [5, 5.41) is 0. The molecular formula is C55H37N5. The molecule has 0 spiro atoms. The molecule has 10 rings (SSSR count). The van der Waals surface area contributed by atoms with Crippen molar-refractivity contribution in [3.05, 3.63) is 224 Å². The van der Waals surface area contributed by atoms with Gasteiger partial charge in [0.25, 0.3) is 0 Å². The molecule has 0 aliphatic heterocycles. The lowest BCUT2D eigenvalue weighted by atomic mass is 9.98. The Kier molecular flexibility index (Phi) is 9.88. The molecule has 8 aromatic carbocycles. The van der Waals surface area contributed by atoms with Gasteiger partial charge in [-0.05, 0) is 51.6 Å². The molecule has 2 heterocycles. The summed E-state index contributed by atoms with van der Waals surface area (Å²) in [6, 6.07) is 77.1. The van der Waals surface area contributed by atoms with Gasteiger partial charge in [-0.1, -0.05) is 206 Å². The molecule has 0 saturated heterocycles. The van der Waals surface area contributed by atoms with Crippen LogP contribution in [-0.2, 0) is 0 Å². The van der Waals surface area contributed by atoms with Crippen LogP contribution in [0.25, 0.3) is 101 Å². The van der Waals surface area contributed by atoms with Crippen LogP contribution in [0.1, 0.15) is 0 Å². The van der Waals surface area contributed by atoms with Gasteiger partial charge >= 0.3 is 0 Å². The van der Waals surface area contributed by atoms with E-state index in [0.29, 0.717) is 23.3 Å². The van der Waals surface area contributed by atoms with Gasteiger partial charge in [0.05, 0.1) is 11.4 Å². The van der Waals surface area contributed by atoms with Gasteiger partial charge in [-0.25, -0.2) is 24.9 Å². The maximum atomic E-state index is 5.14. The molecule has 0 bridgehead atoms.